The van der Waals surface area contributed by atoms with Crippen LogP contribution in [0.5, 0.6) is 5.75 Å². The van der Waals surface area contributed by atoms with Gasteiger partial charge in [0, 0.05) is 18.3 Å². The zero-order chi connectivity index (χ0) is 15.2. The van der Waals surface area contributed by atoms with Crippen molar-refractivity contribution in [2.24, 2.45) is 0 Å². The van der Waals surface area contributed by atoms with E-state index in [2.05, 4.69) is 38.1 Å². The number of hydrogen-bond donors (Lipinski definition) is 1. The quantitative estimate of drug-likeness (QED) is 0.846. The molecule has 1 N–H and O–H groups in total. The summed E-state index contributed by atoms with van der Waals surface area (Å²) in [5, 5.41) is 3.28. The van der Waals surface area contributed by atoms with Crippen LogP contribution in [-0.4, -0.2) is 16.5 Å². The van der Waals surface area contributed by atoms with Gasteiger partial charge in [0.05, 0.1) is 4.47 Å². The Kier molecular flexibility index (Phi) is 5.56. The lowest BCUT2D eigenvalue weighted by Crippen LogP contribution is -2.08. The van der Waals surface area contributed by atoms with Crippen molar-refractivity contribution in [1.82, 2.24) is 9.97 Å². The van der Waals surface area contributed by atoms with Gasteiger partial charge >= 0.3 is 0 Å². The Morgan fingerprint density at radius 2 is 2.00 bits per heavy atom. The normalized spacial score (nSPS) is 10.5. The summed E-state index contributed by atoms with van der Waals surface area (Å²) in [6, 6.07) is 7.94. The number of aryl methyl sites for hydroxylation is 2. The molecular weight excluding hydrogens is 330 g/mol. The maximum atomic E-state index is 5.79. The third-order valence-corrected chi connectivity index (χ3v) is 3.52. The van der Waals surface area contributed by atoms with E-state index in [1.165, 1.54) is 5.56 Å². The maximum Gasteiger partial charge on any atom is 0.168 e. The number of ether oxygens (including phenoxy) is 1. The Morgan fingerprint density at radius 1 is 1.19 bits per heavy atom. The average Bonchev–Trinajstić information content (AvgIpc) is 2.43. The first-order valence-electron chi connectivity index (χ1n) is 7.06. The molecule has 1 aromatic heterocycles. The molecule has 2 aromatic rings. The summed E-state index contributed by atoms with van der Waals surface area (Å²) in [5.74, 6) is 2.33. The molecule has 0 bridgehead atoms. The number of aromatic nitrogens is 2. The molecule has 5 heteroatoms. The summed E-state index contributed by atoms with van der Waals surface area (Å²) < 4.78 is 6.74. The highest BCUT2D eigenvalue weighted by Crippen LogP contribution is 2.26. The van der Waals surface area contributed by atoms with Crippen LogP contribution < -0.4 is 10.1 Å². The number of anilines is 1. The van der Waals surface area contributed by atoms with Crippen LogP contribution in [0.2, 0.25) is 0 Å². The largest absolute Gasteiger partial charge is 0.484 e. The molecule has 0 fully saturated rings. The first-order valence-corrected chi connectivity index (χ1v) is 7.85. The Morgan fingerprint density at radius 3 is 2.71 bits per heavy atom. The summed E-state index contributed by atoms with van der Waals surface area (Å²) in [6.07, 6.45) is 1.06. The second-order valence-electron chi connectivity index (χ2n) is 4.96. The SMILES string of the molecule is CCCNc1cc(C)nc(COc2ccc(C)cc2Br)n1. The Bertz CT molecular complexity index is 616. The summed E-state index contributed by atoms with van der Waals surface area (Å²) in [7, 11) is 0. The van der Waals surface area contributed by atoms with Gasteiger partial charge in [0.1, 0.15) is 18.2 Å². The number of nitrogens with one attached hydrogen (secondary N) is 1. The molecule has 0 aliphatic heterocycles. The molecule has 1 aromatic carbocycles. The third-order valence-electron chi connectivity index (χ3n) is 2.90. The zero-order valence-electron chi connectivity index (χ0n) is 12.6. The minimum atomic E-state index is 0.351. The van der Waals surface area contributed by atoms with Gasteiger partial charge in [-0.25, -0.2) is 9.97 Å². The fourth-order valence-corrected chi connectivity index (χ4v) is 2.51. The van der Waals surface area contributed by atoms with Crippen LogP contribution in [-0.2, 0) is 6.61 Å². The zero-order valence-corrected chi connectivity index (χ0v) is 14.2. The third kappa shape index (κ3) is 4.70. The summed E-state index contributed by atoms with van der Waals surface area (Å²) in [5.41, 5.74) is 2.12. The highest BCUT2D eigenvalue weighted by atomic mass is 79.9. The van der Waals surface area contributed by atoms with Crippen LogP contribution in [0.3, 0.4) is 0 Å². The van der Waals surface area contributed by atoms with Gasteiger partial charge in [-0.2, -0.15) is 0 Å². The summed E-state index contributed by atoms with van der Waals surface area (Å²) in [6.45, 7) is 7.39. The van der Waals surface area contributed by atoms with E-state index in [1.54, 1.807) is 0 Å². The van der Waals surface area contributed by atoms with Crippen LogP contribution in [0.15, 0.2) is 28.7 Å². The van der Waals surface area contributed by atoms with Crippen LogP contribution in [0.1, 0.15) is 30.4 Å². The Hall–Kier alpha value is -1.62. The monoisotopic (exact) mass is 349 g/mol. The number of nitrogens with zero attached hydrogens (tertiary/aromatic N) is 2. The van der Waals surface area contributed by atoms with Gasteiger partial charge in [0.2, 0.25) is 0 Å². The molecule has 0 unspecified atom stereocenters. The van der Waals surface area contributed by atoms with Gasteiger partial charge in [-0.1, -0.05) is 13.0 Å². The molecule has 21 heavy (non-hydrogen) atoms. The summed E-state index contributed by atoms with van der Waals surface area (Å²) >= 11 is 3.51. The molecular formula is C16H20BrN3O. The number of hydrogen-bond acceptors (Lipinski definition) is 4. The van der Waals surface area contributed by atoms with Crippen molar-refractivity contribution in [2.75, 3.05) is 11.9 Å². The second-order valence-corrected chi connectivity index (χ2v) is 5.81. The van der Waals surface area contributed by atoms with E-state index in [4.69, 9.17) is 4.74 Å². The van der Waals surface area contributed by atoms with E-state index >= 15 is 0 Å². The van der Waals surface area contributed by atoms with Crippen LogP contribution in [0.25, 0.3) is 0 Å². The lowest BCUT2D eigenvalue weighted by atomic mass is 10.2. The van der Waals surface area contributed by atoms with Crippen LogP contribution >= 0.6 is 15.9 Å². The van der Waals surface area contributed by atoms with Crippen molar-refractivity contribution in [3.8, 4) is 5.75 Å². The van der Waals surface area contributed by atoms with Gasteiger partial charge in [0.25, 0.3) is 0 Å². The predicted octanol–water partition coefficient (Wildman–Crippen LogP) is 4.26. The lowest BCUT2D eigenvalue weighted by molar-refractivity contribution is 0.294. The van der Waals surface area contributed by atoms with E-state index in [1.807, 2.05) is 38.1 Å². The fourth-order valence-electron chi connectivity index (χ4n) is 1.90. The number of rotatable bonds is 6. The molecule has 0 radical (unpaired) electrons. The fraction of sp³-hybridized carbons (Fsp3) is 0.375. The van der Waals surface area contributed by atoms with Crippen molar-refractivity contribution < 1.29 is 4.74 Å². The molecule has 1 heterocycles. The Labute approximate surface area is 134 Å². The molecule has 0 amide bonds. The molecule has 0 spiro atoms. The van der Waals surface area contributed by atoms with Gasteiger partial charge < -0.3 is 10.1 Å². The Balaban J connectivity index is 2.07. The molecule has 0 saturated heterocycles. The van der Waals surface area contributed by atoms with E-state index in [0.717, 1.165) is 34.7 Å². The molecule has 0 aliphatic carbocycles. The van der Waals surface area contributed by atoms with Crippen LogP contribution in [0.4, 0.5) is 5.82 Å². The van der Waals surface area contributed by atoms with E-state index < -0.39 is 0 Å². The standard InChI is InChI=1S/C16H20BrN3O/c1-4-7-18-15-9-12(3)19-16(20-15)10-21-14-6-5-11(2)8-13(14)17/h5-6,8-9H,4,7,10H2,1-3H3,(H,18,19,20). The highest BCUT2D eigenvalue weighted by Gasteiger charge is 2.05. The van der Waals surface area contributed by atoms with Crippen molar-refractivity contribution in [3.63, 3.8) is 0 Å². The molecule has 2 rings (SSSR count). The van der Waals surface area contributed by atoms with Gasteiger partial charge in [-0.3, -0.25) is 0 Å². The molecule has 0 saturated carbocycles. The average molecular weight is 350 g/mol. The van der Waals surface area contributed by atoms with Crippen molar-refractivity contribution in [2.45, 2.75) is 33.8 Å². The topological polar surface area (TPSA) is 47.0 Å². The van der Waals surface area contributed by atoms with Gasteiger partial charge in [0.15, 0.2) is 5.82 Å². The first kappa shape index (κ1) is 15.8. The van der Waals surface area contributed by atoms with Crippen molar-refractivity contribution >= 4 is 21.7 Å². The number of halogens is 1. The molecule has 0 aliphatic rings. The van der Waals surface area contributed by atoms with Crippen molar-refractivity contribution in [3.05, 3.63) is 45.8 Å². The predicted molar refractivity (Wildman–Crippen MR) is 88.8 cm³/mol. The van der Waals surface area contributed by atoms with Gasteiger partial charge in [-0.05, 0) is 53.9 Å². The van der Waals surface area contributed by atoms with E-state index in [9.17, 15) is 0 Å². The molecule has 4 nitrogen and oxygen atoms in total. The maximum absolute atomic E-state index is 5.79. The molecule has 0 atom stereocenters. The first-order chi connectivity index (χ1) is 10.1. The van der Waals surface area contributed by atoms with Gasteiger partial charge in [-0.15, -0.1) is 0 Å². The van der Waals surface area contributed by atoms with Crippen molar-refractivity contribution in [1.29, 1.82) is 0 Å². The van der Waals surface area contributed by atoms with E-state index in [0.29, 0.717) is 12.4 Å². The lowest BCUT2D eigenvalue weighted by Gasteiger charge is -2.10. The molecule has 112 valence electrons. The van der Waals surface area contributed by atoms with E-state index in [-0.39, 0.29) is 0 Å². The highest BCUT2D eigenvalue weighted by molar-refractivity contribution is 9.10. The minimum Gasteiger partial charge on any atom is -0.484 e. The summed E-state index contributed by atoms with van der Waals surface area (Å²) in [4.78, 5) is 8.88. The minimum absolute atomic E-state index is 0.351. The van der Waals surface area contributed by atoms with Crippen LogP contribution in [0, 0.1) is 13.8 Å². The smallest absolute Gasteiger partial charge is 0.168 e. The second kappa shape index (κ2) is 7.41. The number of benzene rings is 1.